The average molecular weight is 365 g/mol. The first kappa shape index (κ1) is 17.2. The van der Waals surface area contributed by atoms with Gasteiger partial charge in [0, 0.05) is 13.2 Å². The molecular weight excluding hydrogens is 346 g/mol. The second-order valence-electron chi connectivity index (χ2n) is 6.44. The van der Waals surface area contributed by atoms with Crippen molar-refractivity contribution in [2.45, 2.75) is 18.8 Å². The molecule has 0 aliphatic carbocycles. The largest absolute Gasteiger partial charge is 0.476 e. The van der Waals surface area contributed by atoms with Crippen LogP contribution in [-0.2, 0) is 4.74 Å². The number of carbonyl (C=O) groups is 1. The van der Waals surface area contributed by atoms with Gasteiger partial charge < -0.3 is 14.6 Å². The number of aromatic carboxylic acids is 1. The molecule has 0 saturated carbocycles. The molecule has 2 N–H and O–H groups in total. The first-order chi connectivity index (χ1) is 13.2. The highest BCUT2D eigenvalue weighted by Crippen LogP contribution is 2.31. The summed E-state index contributed by atoms with van der Waals surface area (Å²) in [5, 5.41) is 18.5. The first-order valence-corrected chi connectivity index (χ1v) is 8.81. The van der Waals surface area contributed by atoms with Crippen LogP contribution in [0.1, 0.15) is 34.8 Å². The second-order valence-corrected chi connectivity index (χ2v) is 6.44. The highest BCUT2D eigenvalue weighted by Gasteiger charge is 2.17. The summed E-state index contributed by atoms with van der Waals surface area (Å²) in [6.07, 6.45) is 2.11. The Hall–Kier alpha value is -3.19. The Morgan fingerprint density at radius 3 is 2.63 bits per heavy atom. The molecule has 2 heterocycles. The van der Waals surface area contributed by atoms with Crippen LogP contribution in [0.15, 0.2) is 48.5 Å². The van der Waals surface area contributed by atoms with Crippen molar-refractivity contribution < 1.29 is 19.4 Å². The molecule has 3 aromatic rings. The zero-order valence-corrected chi connectivity index (χ0v) is 14.6. The minimum atomic E-state index is -1.17. The van der Waals surface area contributed by atoms with E-state index in [1.54, 1.807) is 12.1 Å². The van der Waals surface area contributed by atoms with Crippen LogP contribution in [-0.4, -0.2) is 39.7 Å². The fourth-order valence-electron chi connectivity index (χ4n) is 3.26. The van der Waals surface area contributed by atoms with Crippen molar-refractivity contribution in [2.75, 3.05) is 13.2 Å². The SMILES string of the molecule is O=C(O)c1[nH]nnc1Oc1ccc(-c2cccc(C3CCOCC3)c2)cc1. The number of hydrogen-bond acceptors (Lipinski definition) is 5. The molecule has 1 saturated heterocycles. The average Bonchev–Trinajstić information content (AvgIpc) is 3.18. The van der Waals surface area contributed by atoms with Crippen LogP contribution in [0.25, 0.3) is 11.1 Å². The van der Waals surface area contributed by atoms with Crippen molar-refractivity contribution in [3.05, 3.63) is 59.8 Å². The zero-order chi connectivity index (χ0) is 18.6. The standard InChI is InChI=1S/C20H19N3O4/c24-20(25)18-19(22-23-21-18)27-17-6-4-13(5-7-17)15-2-1-3-16(12-15)14-8-10-26-11-9-14/h1-7,12,14H,8-11H2,(H,24,25)(H,21,22,23). The van der Waals surface area contributed by atoms with E-state index in [-0.39, 0.29) is 11.6 Å². The number of nitrogens with zero attached hydrogens (tertiary/aromatic N) is 2. The molecule has 0 spiro atoms. The van der Waals surface area contributed by atoms with Crippen LogP contribution in [0.5, 0.6) is 11.6 Å². The summed E-state index contributed by atoms with van der Waals surface area (Å²) in [4.78, 5) is 11.1. The molecule has 0 atom stereocenters. The number of carboxylic acids is 1. The summed E-state index contributed by atoms with van der Waals surface area (Å²) < 4.78 is 11.0. The number of H-pyrrole nitrogens is 1. The van der Waals surface area contributed by atoms with E-state index in [0.29, 0.717) is 11.7 Å². The molecule has 27 heavy (non-hydrogen) atoms. The Kier molecular flexibility index (Phi) is 4.84. The van der Waals surface area contributed by atoms with Crippen LogP contribution >= 0.6 is 0 Å². The van der Waals surface area contributed by atoms with Crippen molar-refractivity contribution in [3.63, 3.8) is 0 Å². The maximum atomic E-state index is 11.1. The molecule has 2 aromatic carbocycles. The predicted molar refractivity (Wildman–Crippen MR) is 98.1 cm³/mol. The molecule has 138 valence electrons. The fraction of sp³-hybridized carbons (Fsp3) is 0.250. The van der Waals surface area contributed by atoms with Gasteiger partial charge in [-0.2, -0.15) is 0 Å². The van der Waals surface area contributed by atoms with E-state index >= 15 is 0 Å². The third-order valence-electron chi connectivity index (χ3n) is 4.71. The van der Waals surface area contributed by atoms with Crippen LogP contribution in [0.4, 0.5) is 0 Å². The first-order valence-electron chi connectivity index (χ1n) is 8.81. The Bertz CT molecular complexity index is 930. The number of hydrogen-bond donors (Lipinski definition) is 2. The Balaban J connectivity index is 1.52. The summed E-state index contributed by atoms with van der Waals surface area (Å²) in [6.45, 7) is 1.64. The lowest BCUT2D eigenvalue weighted by Crippen LogP contribution is -2.13. The van der Waals surface area contributed by atoms with E-state index in [4.69, 9.17) is 14.6 Å². The number of carboxylic acid groups (broad SMARTS) is 1. The van der Waals surface area contributed by atoms with Gasteiger partial charge in [-0.15, -0.1) is 0 Å². The van der Waals surface area contributed by atoms with Gasteiger partial charge in [0.15, 0.2) is 0 Å². The summed E-state index contributed by atoms with van der Waals surface area (Å²) in [6, 6.07) is 16.0. The smallest absolute Gasteiger partial charge is 0.359 e. The molecule has 1 aliphatic heterocycles. The Morgan fingerprint density at radius 2 is 1.89 bits per heavy atom. The summed E-state index contributed by atoms with van der Waals surface area (Å²) in [7, 11) is 0. The number of aromatic amines is 1. The monoisotopic (exact) mass is 365 g/mol. The van der Waals surface area contributed by atoms with E-state index in [1.165, 1.54) is 5.56 Å². The van der Waals surface area contributed by atoms with Gasteiger partial charge in [0.2, 0.25) is 5.69 Å². The molecule has 0 radical (unpaired) electrons. The van der Waals surface area contributed by atoms with Crippen LogP contribution in [0, 0.1) is 0 Å². The van der Waals surface area contributed by atoms with E-state index in [1.807, 2.05) is 12.1 Å². The molecule has 1 aliphatic rings. The van der Waals surface area contributed by atoms with Crippen molar-refractivity contribution in [1.82, 2.24) is 15.4 Å². The molecular formula is C20H19N3O4. The summed E-state index contributed by atoms with van der Waals surface area (Å²) in [5.41, 5.74) is 3.36. The van der Waals surface area contributed by atoms with Crippen molar-refractivity contribution >= 4 is 5.97 Å². The molecule has 7 heteroatoms. The molecule has 1 fully saturated rings. The van der Waals surface area contributed by atoms with E-state index in [2.05, 4.69) is 39.7 Å². The third kappa shape index (κ3) is 3.83. The number of nitrogens with one attached hydrogen (secondary N) is 1. The Morgan fingerprint density at radius 1 is 1.11 bits per heavy atom. The van der Waals surface area contributed by atoms with Crippen molar-refractivity contribution in [1.29, 1.82) is 0 Å². The maximum Gasteiger partial charge on any atom is 0.359 e. The molecule has 4 rings (SSSR count). The van der Waals surface area contributed by atoms with E-state index in [9.17, 15) is 4.79 Å². The van der Waals surface area contributed by atoms with Gasteiger partial charge in [-0.1, -0.05) is 46.7 Å². The highest BCUT2D eigenvalue weighted by atomic mass is 16.5. The van der Waals surface area contributed by atoms with Gasteiger partial charge in [-0.25, -0.2) is 9.89 Å². The number of aromatic nitrogens is 3. The van der Waals surface area contributed by atoms with Gasteiger partial charge >= 0.3 is 5.97 Å². The van der Waals surface area contributed by atoms with Gasteiger partial charge in [0.05, 0.1) is 0 Å². The summed E-state index contributed by atoms with van der Waals surface area (Å²) >= 11 is 0. The molecule has 0 bridgehead atoms. The number of rotatable bonds is 5. The van der Waals surface area contributed by atoms with Gasteiger partial charge in [0.25, 0.3) is 5.88 Å². The minimum absolute atomic E-state index is 0.0586. The zero-order valence-electron chi connectivity index (χ0n) is 14.6. The topological polar surface area (TPSA) is 97.3 Å². The van der Waals surface area contributed by atoms with Crippen molar-refractivity contribution in [2.24, 2.45) is 0 Å². The Labute approximate surface area is 155 Å². The number of ether oxygens (including phenoxy) is 2. The van der Waals surface area contributed by atoms with E-state index < -0.39 is 5.97 Å². The molecule has 0 amide bonds. The van der Waals surface area contributed by atoms with Gasteiger partial charge in [-0.05, 0) is 47.6 Å². The second kappa shape index (κ2) is 7.59. The van der Waals surface area contributed by atoms with Gasteiger partial charge in [0.1, 0.15) is 5.75 Å². The number of benzene rings is 2. The van der Waals surface area contributed by atoms with Crippen LogP contribution < -0.4 is 4.74 Å². The minimum Gasteiger partial charge on any atom is -0.476 e. The molecule has 0 unspecified atom stereocenters. The van der Waals surface area contributed by atoms with Crippen LogP contribution in [0.2, 0.25) is 0 Å². The van der Waals surface area contributed by atoms with E-state index in [0.717, 1.165) is 37.2 Å². The fourth-order valence-corrected chi connectivity index (χ4v) is 3.26. The molecule has 1 aromatic heterocycles. The lowest BCUT2D eigenvalue weighted by molar-refractivity contribution is 0.0687. The molecule has 7 nitrogen and oxygen atoms in total. The lowest BCUT2D eigenvalue weighted by atomic mass is 9.90. The van der Waals surface area contributed by atoms with Crippen molar-refractivity contribution in [3.8, 4) is 22.8 Å². The summed E-state index contributed by atoms with van der Waals surface area (Å²) in [5.74, 6) is -0.188. The van der Waals surface area contributed by atoms with Gasteiger partial charge in [-0.3, -0.25) is 0 Å². The quantitative estimate of drug-likeness (QED) is 0.713. The lowest BCUT2D eigenvalue weighted by Gasteiger charge is -2.22. The van der Waals surface area contributed by atoms with Crippen LogP contribution in [0.3, 0.4) is 0 Å². The maximum absolute atomic E-state index is 11.1. The predicted octanol–water partition coefficient (Wildman–Crippen LogP) is 3.86. The highest BCUT2D eigenvalue weighted by molar-refractivity contribution is 5.87. The normalized spacial score (nSPS) is 14.8. The third-order valence-corrected chi connectivity index (χ3v) is 4.71.